The van der Waals surface area contributed by atoms with Crippen molar-refractivity contribution in [2.75, 3.05) is 39.3 Å². The summed E-state index contributed by atoms with van der Waals surface area (Å²) in [6.07, 6.45) is 2.86. The molecule has 2 heterocycles. The molecule has 27 heavy (non-hydrogen) atoms. The molecule has 3 atom stereocenters. The molecule has 7 heteroatoms. The fourth-order valence-electron chi connectivity index (χ4n) is 3.55. The van der Waals surface area contributed by atoms with E-state index >= 15 is 0 Å². The van der Waals surface area contributed by atoms with Gasteiger partial charge in [0.15, 0.2) is 5.96 Å². The number of halogens is 1. The third-order valence-corrected chi connectivity index (χ3v) is 5.99. The number of nitrogens with zero attached hydrogens (tertiary/aromatic N) is 2. The minimum Gasteiger partial charge on any atom is -0.373 e. The lowest BCUT2D eigenvalue weighted by Gasteiger charge is -2.35. The smallest absolute Gasteiger partial charge is 0.191 e. The molecule has 0 bridgehead atoms. The van der Waals surface area contributed by atoms with Crippen LogP contribution < -0.4 is 10.6 Å². The van der Waals surface area contributed by atoms with Gasteiger partial charge >= 0.3 is 0 Å². The molecule has 0 aliphatic carbocycles. The van der Waals surface area contributed by atoms with Crippen molar-refractivity contribution < 1.29 is 4.74 Å². The molecule has 5 nitrogen and oxygen atoms in total. The molecular formula is C20H33IN4OS. The van der Waals surface area contributed by atoms with Crippen LogP contribution in [0, 0.1) is 0 Å². The van der Waals surface area contributed by atoms with Gasteiger partial charge in [0, 0.05) is 35.8 Å². The van der Waals surface area contributed by atoms with Crippen LogP contribution in [0.15, 0.2) is 40.2 Å². The standard InChI is InChI=1S/C20H32N4OS.HI/c1-3-21-20(22-12-16(2)26-19-9-5-4-6-10-19)23-13-18-14-24-11-7-8-17(24)15-25-18;/h4-6,9-10,16-18H,3,7-8,11-15H2,1-2H3,(H2,21,22,23);1H. The molecule has 1 aromatic carbocycles. The van der Waals surface area contributed by atoms with Crippen molar-refractivity contribution in [3.8, 4) is 0 Å². The van der Waals surface area contributed by atoms with Crippen molar-refractivity contribution >= 4 is 41.7 Å². The van der Waals surface area contributed by atoms with E-state index in [2.05, 4.69) is 59.7 Å². The van der Waals surface area contributed by atoms with Gasteiger partial charge < -0.3 is 15.4 Å². The average molecular weight is 504 g/mol. The molecule has 0 spiro atoms. The van der Waals surface area contributed by atoms with Crippen molar-refractivity contribution in [2.24, 2.45) is 4.99 Å². The number of ether oxygens (including phenoxy) is 1. The van der Waals surface area contributed by atoms with Crippen LogP contribution in [-0.2, 0) is 4.74 Å². The number of guanidine groups is 1. The number of thioether (sulfide) groups is 1. The number of benzene rings is 1. The lowest BCUT2D eigenvalue weighted by atomic mass is 10.2. The van der Waals surface area contributed by atoms with Gasteiger partial charge in [0.05, 0.1) is 19.3 Å². The first kappa shape index (κ1) is 22.8. The largest absolute Gasteiger partial charge is 0.373 e. The molecule has 0 amide bonds. The highest BCUT2D eigenvalue weighted by molar-refractivity contribution is 14.0. The van der Waals surface area contributed by atoms with E-state index in [0.717, 1.165) is 38.7 Å². The van der Waals surface area contributed by atoms with Crippen LogP contribution in [-0.4, -0.2) is 67.6 Å². The van der Waals surface area contributed by atoms with Crippen LogP contribution in [0.4, 0.5) is 0 Å². The fraction of sp³-hybridized carbons (Fsp3) is 0.650. The van der Waals surface area contributed by atoms with Crippen molar-refractivity contribution in [3.05, 3.63) is 30.3 Å². The average Bonchev–Trinajstić information content (AvgIpc) is 3.12. The van der Waals surface area contributed by atoms with Crippen LogP contribution in [0.2, 0.25) is 0 Å². The van der Waals surface area contributed by atoms with E-state index in [1.54, 1.807) is 0 Å². The Balaban J connectivity index is 0.00000261. The summed E-state index contributed by atoms with van der Waals surface area (Å²) in [4.78, 5) is 8.64. The summed E-state index contributed by atoms with van der Waals surface area (Å²) in [5.41, 5.74) is 0. The molecule has 2 saturated heterocycles. The minimum absolute atomic E-state index is 0. The first-order valence-electron chi connectivity index (χ1n) is 9.84. The summed E-state index contributed by atoms with van der Waals surface area (Å²) < 4.78 is 6.03. The summed E-state index contributed by atoms with van der Waals surface area (Å²) in [5.74, 6) is 0.889. The Bertz CT molecular complexity index is 574. The van der Waals surface area contributed by atoms with Gasteiger partial charge in [-0.25, -0.2) is 0 Å². The molecule has 152 valence electrons. The summed E-state index contributed by atoms with van der Waals surface area (Å²) in [6, 6.07) is 11.2. The second-order valence-corrected chi connectivity index (χ2v) is 8.60. The number of rotatable bonds is 7. The number of hydrogen-bond acceptors (Lipinski definition) is 4. The Morgan fingerprint density at radius 3 is 2.93 bits per heavy atom. The molecule has 3 unspecified atom stereocenters. The lowest BCUT2D eigenvalue weighted by molar-refractivity contribution is -0.0453. The zero-order valence-electron chi connectivity index (χ0n) is 16.4. The number of nitrogens with one attached hydrogen (secondary N) is 2. The molecule has 2 N–H and O–H groups in total. The zero-order valence-corrected chi connectivity index (χ0v) is 19.5. The first-order valence-corrected chi connectivity index (χ1v) is 10.7. The van der Waals surface area contributed by atoms with Gasteiger partial charge in [-0.1, -0.05) is 25.1 Å². The topological polar surface area (TPSA) is 48.9 Å². The van der Waals surface area contributed by atoms with Gasteiger partial charge in [-0.3, -0.25) is 9.89 Å². The first-order chi connectivity index (χ1) is 12.7. The maximum Gasteiger partial charge on any atom is 0.191 e. The van der Waals surface area contributed by atoms with Gasteiger partial charge in [0.25, 0.3) is 0 Å². The van der Waals surface area contributed by atoms with Crippen molar-refractivity contribution in [2.45, 2.75) is 49.0 Å². The maximum atomic E-state index is 6.03. The van der Waals surface area contributed by atoms with E-state index in [0.29, 0.717) is 11.3 Å². The van der Waals surface area contributed by atoms with Crippen LogP contribution in [0.1, 0.15) is 26.7 Å². The van der Waals surface area contributed by atoms with E-state index in [1.807, 2.05) is 11.8 Å². The third-order valence-electron chi connectivity index (χ3n) is 4.89. The summed E-state index contributed by atoms with van der Waals surface area (Å²) in [5, 5.41) is 7.25. The molecule has 2 aliphatic heterocycles. The molecule has 0 radical (unpaired) electrons. The van der Waals surface area contributed by atoms with Gasteiger partial charge in [-0.2, -0.15) is 0 Å². The van der Waals surface area contributed by atoms with Gasteiger partial charge in [0.1, 0.15) is 0 Å². The fourth-order valence-corrected chi connectivity index (χ4v) is 4.48. The van der Waals surface area contributed by atoms with E-state index in [9.17, 15) is 0 Å². The highest BCUT2D eigenvalue weighted by atomic mass is 127. The normalized spacial score (nSPS) is 24.0. The minimum atomic E-state index is 0. The second-order valence-electron chi connectivity index (χ2n) is 7.09. The SMILES string of the molecule is CCNC(=NCC(C)Sc1ccccc1)NCC1CN2CCCC2CO1.I. The highest BCUT2D eigenvalue weighted by Crippen LogP contribution is 2.23. The Morgan fingerprint density at radius 1 is 1.33 bits per heavy atom. The van der Waals surface area contributed by atoms with Crippen LogP contribution in [0.3, 0.4) is 0 Å². The maximum absolute atomic E-state index is 6.03. The number of hydrogen-bond donors (Lipinski definition) is 2. The molecule has 2 fully saturated rings. The number of fused-ring (bicyclic) bond motifs is 1. The van der Waals surface area contributed by atoms with Crippen molar-refractivity contribution in [1.82, 2.24) is 15.5 Å². The van der Waals surface area contributed by atoms with E-state index in [-0.39, 0.29) is 30.1 Å². The quantitative estimate of drug-likeness (QED) is 0.259. The third kappa shape index (κ3) is 7.44. The predicted octanol–water partition coefficient (Wildman–Crippen LogP) is 3.20. The Kier molecular flexibility index (Phi) is 10.2. The van der Waals surface area contributed by atoms with E-state index < -0.39 is 0 Å². The van der Waals surface area contributed by atoms with Gasteiger partial charge in [-0.15, -0.1) is 35.7 Å². The Morgan fingerprint density at radius 2 is 2.15 bits per heavy atom. The van der Waals surface area contributed by atoms with Crippen LogP contribution >= 0.6 is 35.7 Å². The predicted molar refractivity (Wildman–Crippen MR) is 125 cm³/mol. The van der Waals surface area contributed by atoms with E-state index in [1.165, 1.54) is 24.3 Å². The van der Waals surface area contributed by atoms with Crippen molar-refractivity contribution in [3.63, 3.8) is 0 Å². The molecule has 0 aromatic heterocycles. The monoisotopic (exact) mass is 504 g/mol. The van der Waals surface area contributed by atoms with Gasteiger partial charge in [0.2, 0.25) is 0 Å². The summed E-state index contributed by atoms with van der Waals surface area (Å²) in [6.45, 7) is 9.94. The van der Waals surface area contributed by atoms with Gasteiger partial charge in [-0.05, 0) is 38.4 Å². The number of morpholine rings is 1. The summed E-state index contributed by atoms with van der Waals surface area (Å²) in [7, 11) is 0. The molecular weight excluding hydrogens is 471 g/mol. The number of aliphatic imine (C=N–C) groups is 1. The molecule has 3 rings (SSSR count). The molecule has 1 aromatic rings. The van der Waals surface area contributed by atoms with E-state index in [4.69, 9.17) is 9.73 Å². The Labute approximate surface area is 185 Å². The van der Waals surface area contributed by atoms with Crippen LogP contribution in [0.5, 0.6) is 0 Å². The summed E-state index contributed by atoms with van der Waals surface area (Å²) >= 11 is 1.87. The molecule has 0 saturated carbocycles. The van der Waals surface area contributed by atoms with Crippen LogP contribution in [0.25, 0.3) is 0 Å². The molecule has 2 aliphatic rings. The zero-order chi connectivity index (χ0) is 18.2. The highest BCUT2D eigenvalue weighted by Gasteiger charge is 2.32. The Hall–Kier alpha value is -0.510. The lowest BCUT2D eigenvalue weighted by Crippen LogP contribution is -2.51. The second kappa shape index (κ2) is 12.1. The van der Waals surface area contributed by atoms with Crippen molar-refractivity contribution in [1.29, 1.82) is 0 Å².